The molecule has 2 aromatic rings. The van der Waals surface area contributed by atoms with Gasteiger partial charge < -0.3 is 24.8 Å². The Labute approximate surface area is 172 Å². The van der Waals surface area contributed by atoms with Crippen LogP contribution in [0.1, 0.15) is 5.56 Å². The molecule has 0 unspecified atom stereocenters. The van der Waals surface area contributed by atoms with Crippen LogP contribution in [0.4, 0.5) is 5.00 Å². The van der Waals surface area contributed by atoms with Crippen molar-refractivity contribution < 1.29 is 4.74 Å². The molecule has 1 saturated heterocycles. The molecule has 1 aliphatic rings. The smallest absolute Gasteiger partial charge is 0.194 e. The third-order valence-electron chi connectivity index (χ3n) is 4.77. The third-order valence-corrected chi connectivity index (χ3v) is 5.69. The quantitative estimate of drug-likeness (QED) is 0.571. The van der Waals surface area contributed by atoms with E-state index in [4.69, 9.17) is 4.74 Å². The van der Waals surface area contributed by atoms with Gasteiger partial charge in [-0.2, -0.15) is 0 Å². The Morgan fingerprint density at radius 3 is 2.68 bits per heavy atom. The number of guanidine groups is 1. The van der Waals surface area contributed by atoms with E-state index in [-0.39, 0.29) is 0 Å². The van der Waals surface area contributed by atoms with Crippen molar-refractivity contribution in [2.24, 2.45) is 4.99 Å². The average molecular weight is 402 g/mol. The highest BCUT2D eigenvalue weighted by atomic mass is 32.1. The second-order valence-electron chi connectivity index (χ2n) is 7.13. The first-order valence-electron chi connectivity index (χ1n) is 9.76. The van der Waals surface area contributed by atoms with Crippen molar-refractivity contribution in [2.75, 3.05) is 65.4 Å². The molecule has 0 saturated carbocycles. The summed E-state index contributed by atoms with van der Waals surface area (Å²) in [5, 5.41) is 7.00. The van der Waals surface area contributed by atoms with Crippen LogP contribution >= 0.6 is 11.3 Å². The van der Waals surface area contributed by atoms with Gasteiger partial charge in [-0.1, -0.05) is 12.1 Å². The number of nitrogens with zero attached hydrogens (tertiary/aromatic N) is 4. The molecule has 152 valence electrons. The summed E-state index contributed by atoms with van der Waals surface area (Å²) in [4.78, 5) is 11.4. The number of rotatable bonds is 7. The predicted octanol–water partition coefficient (Wildman–Crippen LogP) is 2.59. The zero-order valence-corrected chi connectivity index (χ0v) is 17.9. The van der Waals surface area contributed by atoms with E-state index >= 15 is 0 Å². The van der Waals surface area contributed by atoms with Gasteiger partial charge in [-0.25, -0.2) is 0 Å². The predicted molar refractivity (Wildman–Crippen MR) is 119 cm³/mol. The van der Waals surface area contributed by atoms with Gasteiger partial charge in [-0.3, -0.25) is 4.99 Å². The molecule has 0 spiro atoms. The number of hydrogen-bond donors (Lipinski definition) is 1. The fourth-order valence-electron chi connectivity index (χ4n) is 3.19. The third kappa shape index (κ3) is 5.87. The summed E-state index contributed by atoms with van der Waals surface area (Å²) < 4.78 is 5.84. The van der Waals surface area contributed by atoms with E-state index < -0.39 is 0 Å². The normalized spacial score (nSPS) is 15.2. The highest BCUT2D eigenvalue weighted by Gasteiger charge is 2.20. The van der Waals surface area contributed by atoms with Gasteiger partial charge in [0.05, 0.1) is 5.00 Å². The van der Waals surface area contributed by atoms with Gasteiger partial charge in [0.15, 0.2) is 5.96 Å². The highest BCUT2D eigenvalue weighted by Crippen LogP contribution is 2.22. The summed E-state index contributed by atoms with van der Waals surface area (Å²) in [5.74, 6) is 1.88. The molecule has 1 aliphatic heterocycles. The maximum absolute atomic E-state index is 5.84. The number of thiophene rings is 1. The maximum atomic E-state index is 5.84. The number of piperazine rings is 1. The minimum Gasteiger partial charge on any atom is -0.492 e. The van der Waals surface area contributed by atoms with Crippen molar-refractivity contribution >= 4 is 22.3 Å². The van der Waals surface area contributed by atoms with Crippen LogP contribution < -0.4 is 15.0 Å². The molecule has 1 aromatic carbocycles. The lowest BCUT2D eigenvalue weighted by Gasteiger charge is -2.37. The highest BCUT2D eigenvalue weighted by molar-refractivity contribution is 7.14. The van der Waals surface area contributed by atoms with Crippen molar-refractivity contribution in [1.82, 2.24) is 15.1 Å². The van der Waals surface area contributed by atoms with Crippen LogP contribution in [0, 0.1) is 0 Å². The molecular weight excluding hydrogens is 370 g/mol. The van der Waals surface area contributed by atoms with E-state index in [9.17, 15) is 0 Å². The molecule has 7 heteroatoms. The van der Waals surface area contributed by atoms with E-state index in [1.165, 1.54) is 10.6 Å². The first-order chi connectivity index (χ1) is 13.7. The van der Waals surface area contributed by atoms with E-state index in [1.54, 1.807) is 0 Å². The second kappa shape index (κ2) is 10.3. The van der Waals surface area contributed by atoms with Crippen LogP contribution in [0.2, 0.25) is 0 Å². The summed E-state index contributed by atoms with van der Waals surface area (Å²) >= 11 is 1.81. The largest absolute Gasteiger partial charge is 0.492 e. The van der Waals surface area contributed by atoms with Gasteiger partial charge in [0.2, 0.25) is 0 Å². The summed E-state index contributed by atoms with van der Waals surface area (Å²) in [6.45, 7) is 6.35. The van der Waals surface area contributed by atoms with Crippen molar-refractivity contribution in [3.63, 3.8) is 0 Å². The number of hydrogen-bond acceptors (Lipinski definition) is 5. The maximum Gasteiger partial charge on any atom is 0.194 e. The van der Waals surface area contributed by atoms with E-state index in [2.05, 4.69) is 68.7 Å². The molecule has 6 nitrogen and oxygen atoms in total. The minimum absolute atomic E-state index is 0.695. The van der Waals surface area contributed by atoms with Crippen LogP contribution in [0.5, 0.6) is 5.75 Å². The summed E-state index contributed by atoms with van der Waals surface area (Å²) in [5.41, 5.74) is 1.20. The van der Waals surface area contributed by atoms with Gasteiger partial charge in [0.25, 0.3) is 0 Å². The SMILES string of the molecule is CN=C(NCc1cccc(OCCN(C)C)c1)N1CCN(c2cccs2)CC1. The summed E-state index contributed by atoms with van der Waals surface area (Å²) in [6, 6.07) is 12.6. The van der Waals surface area contributed by atoms with Crippen LogP contribution in [-0.4, -0.2) is 76.2 Å². The molecule has 28 heavy (non-hydrogen) atoms. The zero-order valence-electron chi connectivity index (χ0n) is 17.1. The van der Waals surface area contributed by atoms with Gasteiger partial charge in [-0.15, -0.1) is 11.3 Å². The summed E-state index contributed by atoms with van der Waals surface area (Å²) in [6.07, 6.45) is 0. The molecule has 0 bridgehead atoms. The van der Waals surface area contributed by atoms with Gasteiger partial charge in [0, 0.05) is 46.3 Å². The number of likely N-dealkylation sites (N-methyl/N-ethyl adjacent to an activating group) is 1. The van der Waals surface area contributed by atoms with Gasteiger partial charge in [-0.05, 0) is 49.3 Å². The molecule has 3 rings (SSSR count). The zero-order chi connectivity index (χ0) is 19.8. The topological polar surface area (TPSA) is 43.3 Å². The van der Waals surface area contributed by atoms with Crippen molar-refractivity contribution in [3.8, 4) is 5.75 Å². The Hall–Kier alpha value is -2.25. The number of anilines is 1. The Bertz CT molecular complexity index is 739. The molecule has 1 N–H and O–H groups in total. The lowest BCUT2D eigenvalue weighted by molar-refractivity contribution is 0.261. The number of nitrogens with one attached hydrogen (secondary N) is 1. The first kappa shape index (κ1) is 20.5. The molecular formula is C21H31N5OS. The fourth-order valence-corrected chi connectivity index (χ4v) is 3.98. The van der Waals surface area contributed by atoms with Gasteiger partial charge >= 0.3 is 0 Å². The van der Waals surface area contributed by atoms with Crippen LogP contribution in [0.15, 0.2) is 46.8 Å². The van der Waals surface area contributed by atoms with Crippen LogP contribution in [0.25, 0.3) is 0 Å². The number of aliphatic imine (C=N–C) groups is 1. The number of ether oxygens (including phenoxy) is 1. The second-order valence-corrected chi connectivity index (χ2v) is 8.05. The Morgan fingerprint density at radius 2 is 2.00 bits per heavy atom. The monoisotopic (exact) mass is 401 g/mol. The van der Waals surface area contributed by atoms with Crippen LogP contribution in [0.3, 0.4) is 0 Å². The minimum atomic E-state index is 0.695. The molecule has 0 aliphatic carbocycles. The Balaban J connectivity index is 1.48. The van der Waals surface area contributed by atoms with E-state index in [0.717, 1.165) is 51.0 Å². The van der Waals surface area contributed by atoms with E-state index in [0.29, 0.717) is 6.61 Å². The molecule has 2 heterocycles. The average Bonchev–Trinajstić information content (AvgIpc) is 3.24. The Kier molecular flexibility index (Phi) is 7.56. The lowest BCUT2D eigenvalue weighted by atomic mass is 10.2. The molecule has 0 radical (unpaired) electrons. The molecule has 0 atom stereocenters. The van der Waals surface area contributed by atoms with Crippen LogP contribution in [-0.2, 0) is 6.54 Å². The van der Waals surface area contributed by atoms with E-state index in [1.807, 2.05) is 30.5 Å². The molecule has 0 amide bonds. The van der Waals surface area contributed by atoms with Crippen molar-refractivity contribution in [3.05, 3.63) is 47.3 Å². The van der Waals surface area contributed by atoms with Crippen molar-refractivity contribution in [2.45, 2.75) is 6.54 Å². The molecule has 1 fully saturated rings. The first-order valence-corrected chi connectivity index (χ1v) is 10.6. The fraction of sp³-hybridized carbons (Fsp3) is 0.476. The lowest BCUT2D eigenvalue weighted by Crippen LogP contribution is -2.52. The summed E-state index contributed by atoms with van der Waals surface area (Å²) in [7, 11) is 5.96. The number of benzene rings is 1. The molecule has 1 aromatic heterocycles. The van der Waals surface area contributed by atoms with Gasteiger partial charge in [0.1, 0.15) is 12.4 Å². The Morgan fingerprint density at radius 1 is 1.18 bits per heavy atom. The van der Waals surface area contributed by atoms with Crippen molar-refractivity contribution in [1.29, 1.82) is 0 Å². The standard InChI is InChI=1S/C21H31N5OS/c1-22-21(26-11-9-25(10-12-26)20-8-5-15-28-20)23-17-18-6-4-7-19(16-18)27-14-13-24(2)3/h4-8,15-16H,9-14,17H2,1-3H3,(H,22,23).